The molecule has 0 atom stereocenters. The predicted molar refractivity (Wildman–Crippen MR) is 94.8 cm³/mol. The fraction of sp³-hybridized carbons (Fsp3) is 0.684. The van der Waals surface area contributed by atoms with Crippen LogP contribution in [-0.4, -0.2) is 39.2 Å². The summed E-state index contributed by atoms with van der Waals surface area (Å²) >= 11 is 0. The van der Waals surface area contributed by atoms with Gasteiger partial charge in [0.25, 0.3) is 0 Å². The molecule has 5 heteroatoms. The van der Waals surface area contributed by atoms with Crippen molar-refractivity contribution in [3.63, 3.8) is 0 Å². The lowest BCUT2D eigenvalue weighted by Gasteiger charge is -2.29. The number of aryl methyl sites for hydroxylation is 1. The number of nitrogens with zero attached hydrogens (tertiary/aromatic N) is 3. The van der Waals surface area contributed by atoms with Crippen molar-refractivity contribution in [1.82, 2.24) is 14.5 Å². The largest absolute Gasteiger partial charge is 0.444 e. The lowest BCUT2D eigenvalue weighted by atomic mass is 10.1. The minimum atomic E-state index is -0.446. The van der Waals surface area contributed by atoms with Gasteiger partial charge in [0.2, 0.25) is 0 Å². The Morgan fingerprint density at radius 1 is 1.29 bits per heavy atom. The van der Waals surface area contributed by atoms with Crippen molar-refractivity contribution in [2.45, 2.75) is 64.4 Å². The smallest absolute Gasteiger partial charge is 0.410 e. The molecular weight excluding hydrogens is 302 g/mol. The Bertz CT molecular complexity index is 634. The lowest BCUT2D eigenvalue weighted by Crippen LogP contribution is -2.39. The molecule has 2 heterocycles. The van der Waals surface area contributed by atoms with Crippen LogP contribution in [0.4, 0.5) is 4.79 Å². The topological polar surface area (TPSA) is 47.4 Å². The summed E-state index contributed by atoms with van der Waals surface area (Å²) in [4.78, 5) is 18.8. The summed E-state index contributed by atoms with van der Waals surface area (Å²) in [7, 11) is 2.10. The summed E-state index contributed by atoms with van der Waals surface area (Å²) in [6.45, 7) is 6.98. The molecule has 5 nitrogen and oxygen atoms in total. The Morgan fingerprint density at radius 2 is 2.00 bits per heavy atom. The molecule has 24 heavy (non-hydrogen) atoms. The summed E-state index contributed by atoms with van der Waals surface area (Å²) < 4.78 is 7.63. The van der Waals surface area contributed by atoms with Crippen LogP contribution in [0, 0.1) is 0 Å². The van der Waals surface area contributed by atoms with Gasteiger partial charge >= 0.3 is 6.09 Å². The van der Waals surface area contributed by atoms with Crippen LogP contribution in [0.15, 0.2) is 12.3 Å². The number of amides is 1. The number of carbonyl (C=O) groups is 1. The van der Waals surface area contributed by atoms with Gasteiger partial charge < -0.3 is 14.2 Å². The van der Waals surface area contributed by atoms with Crippen molar-refractivity contribution in [3.8, 4) is 0 Å². The fourth-order valence-corrected chi connectivity index (χ4v) is 3.59. The van der Waals surface area contributed by atoms with E-state index in [1.54, 1.807) is 4.90 Å². The van der Waals surface area contributed by atoms with Crippen molar-refractivity contribution in [3.05, 3.63) is 23.8 Å². The molecule has 1 aliphatic heterocycles. The maximum Gasteiger partial charge on any atom is 0.410 e. The molecule has 0 bridgehead atoms. The Kier molecular flexibility index (Phi) is 4.70. The first-order valence-electron chi connectivity index (χ1n) is 9.04. The molecule has 0 N–H and O–H groups in total. The van der Waals surface area contributed by atoms with Crippen molar-refractivity contribution >= 4 is 11.7 Å². The third-order valence-corrected chi connectivity index (χ3v) is 4.82. The monoisotopic (exact) mass is 331 g/mol. The van der Waals surface area contributed by atoms with Crippen LogP contribution in [0.3, 0.4) is 0 Å². The molecule has 2 aliphatic rings. The Hall–Kier alpha value is -1.78. The second-order valence-corrected chi connectivity index (χ2v) is 7.98. The zero-order valence-corrected chi connectivity index (χ0v) is 15.3. The first-order valence-corrected chi connectivity index (χ1v) is 9.04. The third kappa shape index (κ3) is 3.82. The molecule has 3 rings (SSSR count). The SMILES string of the molecule is Cn1cc(C2=CCN(C(=O)OC(C)(C)C)CC2)nc1C1CCCC1. The Morgan fingerprint density at radius 3 is 2.58 bits per heavy atom. The van der Waals surface area contributed by atoms with Crippen LogP contribution in [0.25, 0.3) is 5.57 Å². The molecule has 1 amide bonds. The summed E-state index contributed by atoms with van der Waals surface area (Å²) in [6.07, 6.45) is 10.0. The van der Waals surface area contributed by atoms with Crippen LogP contribution in [0.5, 0.6) is 0 Å². The van der Waals surface area contributed by atoms with Crippen molar-refractivity contribution in [1.29, 1.82) is 0 Å². The van der Waals surface area contributed by atoms with Gasteiger partial charge in [0, 0.05) is 32.3 Å². The van der Waals surface area contributed by atoms with Crippen LogP contribution >= 0.6 is 0 Å². The molecule has 1 saturated carbocycles. The van der Waals surface area contributed by atoms with E-state index in [0.29, 0.717) is 19.0 Å². The molecule has 1 fully saturated rings. The summed E-state index contributed by atoms with van der Waals surface area (Å²) in [6, 6.07) is 0. The van der Waals surface area contributed by atoms with Crippen molar-refractivity contribution in [2.75, 3.05) is 13.1 Å². The van der Waals surface area contributed by atoms with E-state index in [0.717, 1.165) is 12.1 Å². The van der Waals surface area contributed by atoms with Crippen LogP contribution in [0.2, 0.25) is 0 Å². The Labute approximate surface area is 144 Å². The molecule has 0 spiro atoms. The van der Waals surface area contributed by atoms with E-state index in [1.165, 1.54) is 37.1 Å². The maximum absolute atomic E-state index is 12.1. The van der Waals surface area contributed by atoms with Gasteiger partial charge in [-0.25, -0.2) is 9.78 Å². The average Bonchev–Trinajstić information content (AvgIpc) is 3.14. The number of imidazole rings is 1. The number of aromatic nitrogens is 2. The van der Waals surface area contributed by atoms with Crippen molar-refractivity contribution in [2.24, 2.45) is 7.05 Å². The van der Waals surface area contributed by atoms with E-state index in [2.05, 4.69) is 23.9 Å². The first kappa shape index (κ1) is 17.1. The molecular formula is C19H29N3O2. The molecule has 1 aliphatic carbocycles. The van der Waals surface area contributed by atoms with E-state index in [4.69, 9.17) is 9.72 Å². The first-order chi connectivity index (χ1) is 11.3. The number of rotatable bonds is 2. The molecule has 0 aromatic carbocycles. The summed E-state index contributed by atoms with van der Waals surface area (Å²) in [5.41, 5.74) is 1.87. The average molecular weight is 331 g/mol. The maximum atomic E-state index is 12.1. The summed E-state index contributed by atoms with van der Waals surface area (Å²) in [5.74, 6) is 1.84. The van der Waals surface area contributed by atoms with Crippen LogP contribution < -0.4 is 0 Å². The van der Waals surface area contributed by atoms with E-state index >= 15 is 0 Å². The molecule has 1 aromatic rings. The second-order valence-electron chi connectivity index (χ2n) is 7.98. The van der Waals surface area contributed by atoms with Gasteiger partial charge in [-0.15, -0.1) is 0 Å². The summed E-state index contributed by atoms with van der Waals surface area (Å²) in [5, 5.41) is 0. The normalized spacial score (nSPS) is 19.5. The standard InChI is InChI=1S/C19H29N3O2/c1-19(2,3)24-18(23)22-11-9-14(10-12-22)16-13-21(4)17(20-16)15-7-5-6-8-15/h9,13,15H,5-8,10-12H2,1-4H3. The third-order valence-electron chi connectivity index (χ3n) is 4.82. The highest BCUT2D eigenvalue weighted by Crippen LogP contribution is 2.34. The number of carbonyl (C=O) groups excluding carboxylic acids is 1. The molecule has 0 saturated heterocycles. The lowest BCUT2D eigenvalue weighted by molar-refractivity contribution is 0.0270. The molecule has 0 radical (unpaired) electrons. The zero-order valence-electron chi connectivity index (χ0n) is 15.3. The van der Waals surface area contributed by atoms with E-state index in [-0.39, 0.29) is 6.09 Å². The molecule has 0 unspecified atom stereocenters. The van der Waals surface area contributed by atoms with Crippen molar-refractivity contribution < 1.29 is 9.53 Å². The fourth-order valence-electron chi connectivity index (χ4n) is 3.59. The minimum absolute atomic E-state index is 0.231. The van der Waals surface area contributed by atoms with Gasteiger partial charge in [-0.05, 0) is 45.6 Å². The van der Waals surface area contributed by atoms with Gasteiger partial charge in [0.05, 0.1) is 5.69 Å². The van der Waals surface area contributed by atoms with Crippen LogP contribution in [-0.2, 0) is 11.8 Å². The Balaban J connectivity index is 1.67. The minimum Gasteiger partial charge on any atom is -0.444 e. The van der Waals surface area contributed by atoms with E-state index < -0.39 is 5.60 Å². The zero-order chi connectivity index (χ0) is 17.3. The molecule has 132 valence electrons. The molecule has 1 aromatic heterocycles. The number of hydrogen-bond donors (Lipinski definition) is 0. The van der Waals surface area contributed by atoms with Gasteiger partial charge in [-0.3, -0.25) is 0 Å². The highest BCUT2D eigenvalue weighted by atomic mass is 16.6. The van der Waals surface area contributed by atoms with E-state index in [9.17, 15) is 4.79 Å². The highest BCUT2D eigenvalue weighted by Gasteiger charge is 2.26. The number of ether oxygens (including phenoxy) is 1. The second kappa shape index (κ2) is 6.61. The van der Waals surface area contributed by atoms with Gasteiger partial charge in [-0.1, -0.05) is 18.9 Å². The number of hydrogen-bond acceptors (Lipinski definition) is 3. The highest BCUT2D eigenvalue weighted by molar-refractivity contribution is 5.71. The quantitative estimate of drug-likeness (QED) is 0.819. The predicted octanol–water partition coefficient (Wildman–Crippen LogP) is 4.10. The van der Waals surface area contributed by atoms with Gasteiger partial charge in [0.15, 0.2) is 0 Å². The van der Waals surface area contributed by atoms with E-state index in [1.807, 2.05) is 20.8 Å². The van der Waals surface area contributed by atoms with Crippen LogP contribution in [0.1, 0.15) is 70.3 Å². The van der Waals surface area contributed by atoms with Gasteiger partial charge in [0.1, 0.15) is 11.4 Å². The van der Waals surface area contributed by atoms with Gasteiger partial charge in [-0.2, -0.15) is 0 Å².